The number of carbonyl (C=O) groups excluding carboxylic acids is 1. The summed E-state index contributed by atoms with van der Waals surface area (Å²) in [6.07, 6.45) is 31.9. The van der Waals surface area contributed by atoms with Crippen LogP contribution < -0.4 is 0 Å². The topological polar surface area (TPSA) is 178 Å². The first-order valence-corrected chi connectivity index (χ1v) is 21.1. The lowest BCUT2D eigenvalue weighted by molar-refractivity contribution is -0.301. The smallest absolute Gasteiger partial charge is 0.397 e. The van der Waals surface area contributed by atoms with Crippen LogP contribution in [0.4, 0.5) is 0 Å². The number of allylic oxidation sites excluding steroid dienone is 12. The molecule has 310 valence electrons. The molecule has 1 aliphatic rings. The summed E-state index contributed by atoms with van der Waals surface area (Å²) in [5.41, 5.74) is 0. The van der Waals surface area contributed by atoms with Crippen LogP contribution in [0.25, 0.3) is 0 Å². The molecule has 0 spiro atoms. The third-order valence-electron chi connectivity index (χ3n) is 8.34. The molecular formula is C41H68O12S. The number of aliphatic hydroxyl groups is 3. The van der Waals surface area contributed by atoms with Crippen LogP contribution in [-0.4, -0.2) is 97.5 Å². The molecule has 0 aromatic heterocycles. The number of carbonyl (C=O) groups is 1. The zero-order valence-corrected chi connectivity index (χ0v) is 33.3. The van der Waals surface area contributed by atoms with E-state index in [1.165, 1.54) is 0 Å². The normalized spacial score (nSPS) is 21.9. The quantitative estimate of drug-likeness (QED) is 0.0234. The Morgan fingerprint density at radius 3 is 1.83 bits per heavy atom. The first-order chi connectivity index (χ1) is 26.1. The third-order valence-corrected chi connectivity index (χ3v) is 8.81. The zero-order chi connectivity index (χ0) is 39.7. The lowest BCUT2D eigenvalue weighted by Gasteiger charge is -2.41. The molecule has 0 aliphatic carbocycles. The molecule has 54 heavy (non-hydrogen) atoms. The molecule has 13 heteroatoms. The van der Waals surface area contributed by atoms with Gasteiger partial charge in [-0.3, -0.25) is 9.35 Å². The van der Waals surface area contributed by atoms with Gasteiger partial charge >= 0.3 is 16.4 Å². The molecule has 1 aliphatic heterocycles. The average molecular weight is 785 g/mol. The molecule has 1 fully saturated rings. The second kappa shape index (κ2) is 32.8. The van der Waals surface area contributed by atoms with Gasteiger partial charge in [0.15, 0.2) is 6.29 Å². The van der Waals surface area contributed by atoms with E-state index in [1.54, 1.807) is 0 Å². The molecule has 12 nitrogen and oxygen atoms in total. The van der Waals surface area contributed by atoms with Gasteiger partial charge in [0.05, 0.1) is 19.8 Å². The molecule has 0 saturated carbocycles. The fraction of sp³-hybridized carbons (Fsp3) is 0.683. The van der Waals surface area contributed by atoms with Crippen molar-refractivity contribution >= 4 is 16.4 Å². The van der Waals surface area contributed by atoms with Crippen molar-refractivity contribution in [2.24, 2.45) is 0 Å². The molecule has 0 bridgehead atoms. The maximum absolute atomic E-state index is 12.4. The molecule has 1 heterocycles. The number of rotatable bonds is 32. The van der Waals surface area contributed by atoms with Crippen LogP contribution in [0.15, 0.2) is 72.9 Å². The number of aliphatic hydroxyl groups excluding tert-OH is 3. The number of hydrogen-bond acceptors (Lipinski definition) is 11. The van der Waals surface area contributed by atoms with E-state index in [0.717, 1.165) is 89.9 Å². The van der Waals surface area contributed by atoms with Gasteiger partial charge in [0.2, 0.25) is 0 Å². The Morgan fingerprint density at radius 1 is 0.722 bits per heavy atom. The van der Waals surface area contributed by atoms with Gasteiger partial charge in [0.1, 0.15) is 30.5 Å². The van der Waals surface area contributed by atoms with Gasteiger partial charge in [-0.2, -0.15) is 8.42 Å². The molecule has 6 unspecified atom stereocenters. The summed E-state index contributed by atoms with van der Waals surface area (Å²) in [5.74, 6) is -0.436. The maximum atomic E-state index is 12.4. The minimum Gasteiger partial charge on any atom is -0.457 e. The van der Waals surface area contributed by atoms with Crippen LogP contribution in [0, 0.1) is 0 Å². The van der Waals surface area contributed by atoms with E-state index in [-0.39, 0.29) is 19.6 Å². The lowest BCUT2D eigenvalue weighted by Crippen LogP contribution is -2.60. The zero-order valence-electron chi connectivity index (χ0n) is 32.5. The van der Waals surface area contributed by atoms with E-state index in [0.29, 0.717) is 13.0 Å². The SMILES string of the molecule is CC/C=C\C/C=C\C/C=C\C/C=C\C/C=C\C/C=C\CCCCCCCOCC(COC1OC(CO)C(O)C(OS(=O)(=O)O)C1O)OC(=O)CCCCC. The summed E-state index contributed by atoms with van der Waals surface area (Å²) in [4.78, 5) is 12.4. The van der Waals surface area contributed by atoms with Crippen LogP contribution in [0.5, 0.6) is 0 Å². The fourth-order valence-corrected chi connectivity index (χ4v) is 5.89. The summed E-state index contributed by atoms with van der Waals surface area (Å²) < 4.78 is 58.3. The Bertz CT molecular complexity index is 1230. The van der Waals surface area contributed by atoms with E-state index < -0.39 is 59.8 Å². The van der Waals surface area contributed by atoms with Crippen molar-refractivity contribution in [1.29, 1.82) is 0 Å². The van der Waals surface area contributed by atoms with E-state index in [2.05, 4.69) is 84.0 Å². The summed E-state index contributed by atoms with van der Waals surface area (Å²) in [6, 6.07) is 0. The van der Waals surface area contributed by atoms with Gasteiger partial charge in [-0.1, -0.05) is 119 Å². The molecule has 0 radical (unpaired) electrons. The van der Waals surface area contributed by atoms with Crippen molar-refractivity contribution in [2.75, 3.05) is 26.4 Å². The van der Waals surface area contributed by atoms with Gasteiger partial charge in [0.25, 0.3) is 0 Å². The third kappa shape index (κ3) is 26.4. The second-order valence-corrected chi connectivity index (χ2v) is 14.2. The van der Waals surface area contributed by atoms with Crippen molar-refractivity contribution in [3.05, 3.63) is 72.9 Å². The number of ether oxygens (including phenoxy) is 4. The largest absolute Gasteiger partial charge is 0.457 e. The number of esters is 1. The lowest BCUT2D eigenvalue weighted by atomic mass is 9.99. The van der Waals surface area contributed by atoms with Gasteiger partial charge in [-0.05, 0) is 64.2 Å². The van der Waals surface area contributed by atoms with Gasteiger partial charge in [-0.15, -0.1) is 0 Å². The second-order valence-electron chi connectivity index (χ2n) is 13.1. The van der Waals surface area contributed by atoms with Crippen molar-refractivity contribution < 1.29 is 56.2 Å². The Morgan fingerprint density at radius 2 is 1.28 bits per heavy atom. The highest BCUT2D eigenvalue weighted by Gasteiger charge is 2.48. The van der Waals surface area contributed by atoms with E-state index in [4.69, 9.17) is 23.5 Å². The predicted octanol–water partition coefficient (Wildman–Crippen LogP) is 7.18. The van der Waals surface area contributed by atoms with Gasteiger partial charge < -0.3 is 34.3 Å². The molecule has 0 amide bonds. The van der Waals surface area contributed by atoms with Crippen LogP contribution in [0.3, 0.4) is 0 Å². The minimum atomic E-state index is -5.05. The summed E-state index contributed by atoms with van der Waals surface area (Å²) in [5, 5.41) is 30.3. The Kier molecular flexibility index (Phi) is 30.1. The van der Waals surface area contributed by atoms with Gasteiger partial charge in [0, 0.05) is 13.0 Å². The molecule has 0 aromatic carbocycles. The molecule has 1 saturated heterocycles. The maximum Gasteiger partial charge on any atom is 0.397 e. The van der Waals surface area contributed by atoms with Crippen LogP contribution in [0.1, 0.15) is 117 Å². The summed E-state index contributed by atoms with van der Waals surface area (Å²) >= 11 is 0. The Hall–Kier alpha value is -2.46. The van der Waals surface area contributed by atoms with E-state index >= 15 is 0 Å². The molecule has 0 aromatic rings. The highest BCUT2D eigenvalue weighted by atomic mass is 32.3. The monoisotopic (exact) mass is 784 g/mol. The van der Waals surface area contributed by atoms with Gasteiger partial charge in [-0.25, -0.2) is 4.18 Å². The fourth-order valence-electron chi connectivity index (χ4n) is 5.38. The van der Waals surface area contributed by atoms with Crippen molar-refractivity contribution in [3.63, 3.8) is 0 Å². The predicted molar refractivity (Wildman–Crippen MR) is 211 cm³/mol. The average Bonchev–Trinajstić information content (AvgIpc) is 3.14. The van der Waals surface area contributed by atoms with Crippen LogP contribution in [-0.2, 0) is 38.3 Å². The van der Waals surface area contributed by atoms with Crippen molar-refractivity contribution in [3.8, 4) is 0 Å². The Balaban J connectivity index is 2.29. The van der Waals surface area contributed by atoms with Crippen LogP contribution >= 0.6 is 0 Å². The summed E-state index contributed by atoms with van der Waals surface area (Å²) in [6.45, 7) is 3.59. The molecule has 1 rings (SSSR count). The highest BCUT2D eigenvalue weighted by Crippen LogP contribution is 2.26. The molecule has 4 N–H and O–H groups in total. The number of hydrogen-bond donors (Lipinski definition) is 4. The molecular weight excluding hydrogens is 717 g/mol. The Labute approximate surface area is 324 Å². The van der Waals surface area contributed by atoms with E-state index in [9.17, 15) is 28.5 Å². The number of unbranched alkanes of at least 4 members (excludes halogenated alkanes) is 7. The standard InChI is InChI=1S/C41H68O12S/c1-3-5-7-8-9-10-11-12-13-14-15-16-17-18-19-20-21-22-23-24-25-26-27-29-31-49-33-35(51-37(43)30-28-6-4-2)34-50-41-39(45)40(53-54(46,47)48)38(44)36(32-42)52-41/h5,7,9-10,12-13,15-16,18-19,21-22,35-36,38-42,44-45H,3-4,6,8,11,14,17,20,23-34H2,1-2H3,(H,46,47,48)/b7-5-,10-9-,13-12-,16-15-,19-18-,22-21-. The van der Waals surface area contributed by atoms with E-state index in [1.807, 2.05) is 6.92 Å². The minimum absolute atomic E-state index is 0.0159. The first kappa shape index (κ1) is 49.6. The highest BCUT2D eigenvalue weighted by molar-refractivity contribution is 7.80. The van der Waals surface area contributed by atoms with Crippen molar-refractivity contribution in [2.45, 2.75) is 153 Å². The molecule has 6 atom stereocenters. The van der Waals surface area contributed by atoms with Crippen LogP contribution in [0.2, 0.25) is 0 Å². The first-order valence-electron chi connectivity index (χ1n) is 19.7. The van der Waals surface area contributed by atoms with Crippen molar-refractivity contribution in [1.82, 2.24) is 0 Å². The summed E-state index contributed by atoms with van der Waals surface area (Å²) in [7, 11) is -5.05.